The van der Waals surface area contributed by atoms with E-state index in [9.17, 15) is 0 Å². The van der Waals surface area contributed by atoms with Gasteiger partial charge in [0.15, 0.2) is 0 Å². The first kappa shape index (κ1) is 33.3. The number of allylic oxidation sites excluding steroid dienone is 8. The Hall–Kier alpha value is 0.640. The van der Waals surface area contributed by atoms with Crippen LogP contribution in [0.3, 0.4) is 0 Å². The van der Waals surface area contributed by atoms with Gasteiger partial charge in [-0.05, 0) is 0 Å². The van der Waals surface area contributed by atoms with Crippen molar-refractivity contribution in [3.8, 4) is 0 Å². The van der Waals surface area contributed by atoms with E-state index >= 15 is 0 Å². The van der Waals surface area contributed by atoms with Crippen LogP contribution in [-0.4, -0.2) is 6.88 Å². The quantitative estimate of drug-likeness (QED) is 0.361. The van der Waals surface area contributed by atoms with Gasteiger partial charge in [-0.15, -0.1) is 51.5 Å². The molecule has 124 valence electrons. The Kier molecular flexibility index (Phi) is 36.3. The van der Waals surface area contributed by atoms with Crippen LogP contribution in [0.4, 0.5) is 0 Å². The van der Waals surface area contributed by atoms with Gasteiger partial charge in [-0.2, -0.15) is 18.1 Å². The molecule has 21 heavy (non-hydrogen) atoms. The molecule has 0 aromatic carbocycles. The number of halogens is 2. The third-order valence-corrected chi connectivity index (χ3v) is 2.72. The standard InChI is InChI=1S/2C7H9.C2H5.CH3.2ClH.H2Si.Zr/c2*1-6-4-3-5-7(6)2;1-2;;;;;/h2*4H,5H2,1-2H3;1H2,2H3;1H3;2*1H;1H2;/q4*-1;;;;. The zero-order valence-corrected chi connectivity index (χ0v) is 19.8. The molecule has 0 fully saturated rings. The molecule has 0 heterocycles. The van der Waals surface area contributed by atoms with E-state index in [1.54, 1.807) is 30.3 Å². The average molecular weight is 425 g/mol. The summed E-state index contributed by atoms with van der Waals surface area (Å²) in [5.41, 5.74) is 5.69. The summed E-state index contributed by atoms with van der Waals surface area (Å²) in [7, 11) is 0. The molecule has 0 radical (unpaired) electrons. The Balaban J connectivity index is -0.0000000589. The molecule has 2 aliphatic rings. The number of rotatable bonds is 0. The third-order valence-electron chi connectivity index (χ3n) is 2.72. The SMILES string of the molecule is CC1=C(C)C[C-]=C1.CC1=C(C)C[C-]=C1.Cl.Cl.[CH2-]C.[CH3-].[SiH2]=[Zr]. The van der Waals surface area contributed by atoms with Crippen LogP contribution < -0.4 is 0 Å². The predicted molar refractivity (Wildman–Crippen MR) is 102 cm³/mol. The van der Waals surface area contributed by atoms with Crippen LogP contribution in [0.1, 0.15) is 47.5 Å². The van der Waals surface area contributed by atoms with E-state index in [-0.39, 0.29) is 32.2 Å². The molecular weight excluding hydrogens is 394 g/mol. The topological polar surface area (TPSA) is 0 Å². The molecule has 0 bridgehead atoms. The summed E-state index contributed by atoms with van der Waals surface area (Å²) in [5.74, 6) is 0. The summed E-state index contributed by atoms with van der Waals surface area (Å²) < 4.78 is 0. The van der Waals surface area contributed by atoms with Crippen molar-refractivity contribution in [1.29, 1.82) is 0 Å². The maximum atomic E-state index is 3.25. The second-order valence-corrected chi connectivity index (χ2v) is 3.98. The summed E-state index contributed by atoms with van der Waals surface area (Å²) in [5, 5.41) is 0. The molecule has 0 aromatic rings. The second kappa shape index (κ2) is 22.9. The first-order valence-corrected chi connectivity index (χ1v) is 12.1. The fraction of sp³-hybridized carbons (Fsp3) is 0.412. The first-order chi connectivity index (χ1) is 8.61. The van der Waals surface area contributed by atoms with Crippen molar-refractivity contribution >= 4 is 31.7 Å². The van der Waals surface area contributed by atoms with Gasteiger partial charge in [0, 0.05) is 0 Å². The zero-order valence-electron chi connectivity index (χ0n) is 14.3. The average Bonchev–Trinajstić information content (AvgIpc) is 2.96. The number of hydrogen-bond acceptors (Lipinski definition) is 0. The Morgan fingerprint density at radius 1 is 0.857 bits per heavy atom. The van der Waals surface area contributed by atoms with E-state index in [1.165, 1.54) is 22.3 Å². The van der Waals surface area contributed by atoms with Gasteiger partial charge in [0.05, 0.1) is 0 Å². The van der Waals surface area contributed by atoms with Crippen LogP contribution in [0.5, 0.6) is 0 Å². The molecule has 0 aliphatic heterocycles. The molecule has 0 N–H and O–H groups in total. The molecule has 0 atom stereocenters. The Morgan fingerprint density at radius 2 is 1.10 bits per heavy atom. The van der Waals surface area contributed by atoms with Gasteiger partial charge in [0.25, 0.3) is 0 Å². The minimum absolute atomic E-state index is 0. The van der Waals surface area contributed by atoms with Crippen LogP contribution in [-0.2, 0) is 23.3 Å². The van der Waals surface area contributed by atoms with Crippen LogP contribution in [0.25, 0.3) is 0 Å². The van der Waals surface area contributed by atoms with Crippen LogP contribution in [0.2, 0.25) is 0 Å². The van der Waals surface area contributed by atoms with Gasteiger partial charge < -0.3 is 14.4 Å². The first-order valence-electron chi connectivity index (χ1n) is 6.13. The molecule has 0 saturated carbocycles. The fourth-order valence-corrected chi connectivity index (χ4v) is 1.24. The van der Waals surface area contributed by atoms with Crippen molar-refractivity contribution in [2.45, 2.75) is 47.5 Å². The van der Waals surface area contributed by atoms with E-state index in [4.69, 9.17) is 0 Å². The van der Waals surface area contributed by atoms with Gasteiger partial charge in [0.1, 0.15) is 0 Å². The molecular formula is C17H30Cl2SiZr-4. The van der Waals surface area contributed by atoms with Crippen LogP contribution in [0, 0.1) is 26.5 Å². The van der Waals surface area contributed by atoms with Crippen molar-refractivity contribution in [3.05, 3.63) is 60.9 Å². The van der Waals surface area contributed by atoms with Crippen LogP contribution in [0.15, 0.2) is 34.4 Å². The van der Waals surface area contributed by atoms with Gasteiger partial charge in [-0.1, -0.05) is 13.8 Å². The Morgan fingerprint density at radius 3 is 1.14 bits per heavy atom. The van der Waals surface area contributed by atoms with E-state index in [0.29, 0.717) is 0 Å². The Labute approximate surface area is 162 Å². The molecule has 0 aromatic heterocycles. The third kappa shape index (κ3) is 16.8. The Bertz CT molecular complexity index is 322. The molecule has 4 heteroatoms. The van der Waals surface area contributed by atoms with Crippen molar-refractivity contribution < 1.29 is 23.3 Å². The molecule has 0 unspecified atom stereocenters. The molecule has 2 aliphatic carbocycles. The summed E-state index contributed by atoms with van der Waals surface area (Å²) in [6, 6.07) is 0. The molecule has 2 rings (SSSR count). The maximum absolute atomic E-state index is 3.25. The molecule has 0 spiro atoms. The van der Waals surface area contributed by atoms with E-state index in [1.807, 2.05) is 6.88 Å². The van der Waals surface area contributed by atoms with Gasteiger partial charge in [-0.3, -0.25) is 12.2 Å². The van der Waals surface area contributed by atoms with E-state index in [0.717, 1.165) is 12.8 Å². The summed E-state index contributed by atoms with van der Waals surface area (Å²) in [4.78, 5) is 0. The fourth-order valence-electron chi connectivity index (χ4n) is 1.24. The normalized spacial score (nSPS) is 13.2. The van der Waals surface area contributed by atoms with Crippen molar-refractivity contribution in [2.24, 2.45) is 0 Å². The minimum atomic E-state index is 0. The van der Waals surface area contributed by atoms with Gasteiger partial charge >= 0.3 is 30.2 Å². The summed E-state index contributed by atoms with van der Waals surface area (Å²) in [6.45, 7) is 15.5. The molecule has 0 saturated heterocycles. The van der Waals surface area contributed by atoms with Crippen LogP contribution >= 0.6 is 24.8 Å². The molecule has 0 nitrogen and oxygen atoms in total. The van der Waals surface area contributed by atoms with E-state index < -0.39 is 0 Å². The van der Waals surface area contributed by atoms with Crippen molar-refractivity contribution in [2.75, 3.05) is 0 Å². The second-order valence-electron chi connectivity index (χ2n) is 3.98. The predicted octanol–water partition coefficient (Wildman–Crippen LogP) is 5.39. The summed E-state index contributed by atoms with van der Waals surface area (Å²) in [6.07, 6.45) is 12.4. The van der Waals surface area contributed by atoms with Gasteiger partial charge in [-0.25, -0.2) is 23.3 Å². The van der Waals surface area contributed by atoms with Crippen molar-refractivity contribution in [3.63, 3.8) is 0 Å². The zero-order chi connectivity index (χ0) is 14.6. The monoisotopic (exact) mass is 422 g/mol. The number of hydrogen-bond donors (Lipinski definition) is 0. The van der Waals surface area contributed by atoms with Gasteiger partial charge in [0.2, 0.25) is 0 Å². The van der Waals surface area contributed by atoms with E-state index in [2.05, 4.69) is 58.9 Å². The van der Waals surface area contributed by atoms with Crippen molar-refractivity contribution in [1.82, 2.24) is 0 Å². The molecule has 0 amide bonds. The summed E-state index contributed by atoms with van der Waals surface area (Å²) >= 11 is 1.58.